The Morgan fingerprint density at radius 3 is 2.44 bits per heavy atom. The van der Waals surface area contributed by atoms with Gasteiger partial charge in [-0.15, -0.1) is 0 Å². The molecule has 2 aromatic carbocycles. The second-order valence-electron chi connectivity index (χ2n) is 9.00. The van der Waals surface area contributed by atoms with E-state index in [-0.39, 0.29) is 4.90 Å². The predicted octanol–water partition coefficient (Wildman–Crippen LogP) is 2.51. The summed E-state index contributed by atoms with van der Waals surface area (Å²) in [5.74, 6) is -0.770. The lowest BCUT2D eigenvalue weighted by atomic mass is 9.92. The first kappa shape index (κ1) is 23.9. The maximum absolute atomic E-state index is 12.9. The zero-order valence-corrected chi connectivity index (χ0v) is 20.0. The molecule has 0 saturated carbocycles. The number of imide groups is 1. The molecule has 0 bridgehead atoms. The Morgan fingerprint density at radius 1 is 1.12 bits per heavy atom. The molecule has 2 atom stereocenters. The van der Waals surface area contributed by atoms with Gasteiger partial charge in [-0.25, -0.2) is 13.2 Å². The number of anilines is 1. The van der Waals surface area contributed by atoms with E-state index in [1.807, 2.05) is 13.0 Å². The van der Waals surface area contributed by atoms with Crippen LogP contribution in [-0.4, -0.2) is 55.1 Å². The van der Waals surface area contributed by atoms with Crippen molar-refractivity contribution in [3.63, 3.8) is 0 Å². The van der Waals surface area contributed by atoms with Crippen LogP contribution in [0.5, 0.6) is 0 Å². The van der Waals surface area contributed by atoms with Gasteiger partial charge in [0.25, 0.3) is 5.91 Å². The summed E-state index contributed by atoms with van der Waals surface area (Å²) in [7, 11) is -3.60. The largest absolute Gasteiger partial charge is 0.325 e. The van der Waals surface area contributed by atoms with Crippen LogP contribution in [0.2, 0.25) is 0 Å². The number of urea groups is 1. The van der Waals surface area contributed by atoms with Gasteiger partial charge in [0.15, 0.2) is 0 Å². The molecule has 2 saturated heterocycles. The van der Waals surface area contributed by atoms with Crippen molar-refractivity contribution in [3.05, 3.63) is 60.2 Å². The molecule has 0 aromatic heterocycles. The van der Waals surface area contributed by atoms with Crippen molar-refractivity contribution in [2.24, 2.45) is 5.92 Å². The van der Waals surface area contributed by atoms with Crippen molar-refractivity contribution >= 4 is 33.6 Å². The molecule has 0 spiro atoms. The van der Waals surface area contributed by atoms with Crippen LogP contribution < -0.4 is 10.6 Å². The SMILES string of the molecule is C[C@H]1CCCN(S(=O)(=O)c2ccc(NC(=O)CN3C(=O)N[C@@](C)(c4ccccc4)C3=O)cc2)C1. The number of hydrogen-bond donors (Lipinski definition) is 2. The van der Waals surface area contributed by atoms with Gasteiger partial charge in [-0.05, 0) is 55.5 Å². The quantitative estimate of drug-likeness (QED) is 0.612. The van der Waals surface area contributed by atoms with Gasteiger partial charge in [0.05, 0.1) is 4.90 Å². The molecule has 180 valence electrons. The van der Waals surface area contributed by atoms with Gasteiger partial charge in [-0.1, -0.05) is 37.3 Å². The van der Waals surface area contributed by atoms with Gasteiger partial charge in [-0.2, -0.15) is 4.31 Å². The van der Waals surface area contributed by atoms with Gasteiger partial charge in [0, 0.05) is 18.8 Å². The summed E-state index contributed by atoms with van der Waals surface area (Å²) in [6.45, 7) is 4.17. The molecule has 4 rings (SSSR count). The normalized spacial score (nSPS) is 23.6. The maximum atomic E-state index is 12.9. The van der Waals surface area contributed by atoms with Crippen LogP contribution in [0.1, 0.15) is 32.3 Å². The van der Waals surface area contributed by atoms with Crippen molar-refractivity contribution in [3.8, 4) is 0 Å². The highest BCUT2D eigenvalue weighted by Crippen LogP contribution is 2.29. The molecule has 0 radical (unpaired) electrons. The van der Waals surface area contributed by atoms with E-state index < -0.39 is 40.0 Å². The van der Waals surface area contributed by atoms with Gasteiger partial charge in [-0.3, -0.25) is 14.5 Å². The number of hydrogen-bond acceptors (Lipinski definition) is 5. The highest BCUT2D eigenvalue weighted by atomic mass is 32.2. The highest BCUT2D eigenvalue weighted by Gasteiger charge is 2.49. The molecule has 9 nitrogen and oxygen atoms in total. The first-order chi connectivity index (χ1) is 16.1. The van der Waals surface area contributed by atoms with Crippen LogP contribution in [-0.2, 0) is 25.2 Å². The summed E-state index contributed by atoms with van der Waals surface area (Å²) in [5, 5.41) is 5.28. The van der Waals surface area contributed by atoms with Crippen molar-refractivity contribution < 1.29 is 22.8 Å². The van der Waals surface area contributed by atoms with Crippen LogP contribution in [0.15, 0.2) is 59.5 Å². The summed E-state index contributed by atoms with van der Waals surface area (Å²) in [6.07, 6.45) is 1.85. The fourth-order valence-corrected chi connectivity index (χ4v) is 5.97. The molecular formula is C24H28N4O5S. The van der Waals surface area contributed by atoms with E-state index in [4.69, 9.17) is 0 Å². The fraction of sp³-hybridized carbons (Fsp3) is 0.375. The molecule has 2 aliphatic rings. The molecule has 2 heterocycles. The predicted molar refractivity (Wildman–Crippen MR) is 126 cm³/mol. The minimum atomic E-state index is -3.60. The average Bonchev–Trinajstić information content (AvgIpc) is 3.04. The molecule has 2 N–H and O–H groups in total. The first-order valence-electron chi connectivity index (χ1n) is 11.2. The Morgan fingerprint density at radius 2 is 1.79 bits per heavy atom. The third-order valence-electron chi connectivity index (χ3n) is 6.32. The summed E-state index contributed by atoms with van der Waals surface area (Å²) < 4.78 is 27.3. The number of sulfonamides is 1. The second-order valence-corrected chi connectivity index (χ2v) is 10.9. The summed E-state index contributed by atoms with van der Waals surface area (Å²) in [4.78, 5) is 39.0. The molecular weight excluding hydrogens is 456 g/mol. The van der Waals surface area contributed by atoms with E-state index in [1.165, 1.54) is 28.6 Å². The number of nitrogens with one attached hydrogen (secondary N) is 2. The lowest BCUT2D eigenvalue weighted by molar-refractivity contribution is -0.133. The number of nitrogens with zero attached hydrogens (tertiary/aromatic N) is 2. The lowest BCUT2D eigenvalue weighted by Crippen LogP contribution is -2.42. The number of carbonyl (C=O) groups is 3. The maximum Gasteiger partial charge on any atom is 0.325 e. The molecule has 4 amide bonds. The summed E-state index contributed by atoms with van der Waals surface area (Å²) in [5.41, 5.74) is -0.259. The fourth-order valence-electron chi connectivity index (χ4n) is 4.38. The third-order valence-corrected chi connectivity index (χ3v) is 8.20. The van der Waals surface area contributed by atoms with Crippen molar-refractivity contribution in [2.45, 2.75) is 37.1 Å². The molecule has 0 unspecified atom stereocenters. The number of rotatable bonds is 6. The molecule has 2 aliphatic heterocycles. The molecule has 10 heteroatoms. The topological polar surface area (TPSA) is 116 Å². The van der Waals surface area contributed by atoms with E-state index in [9.17, 15) is 22.8 Å². The number of amides is 4. The number of benzene rings is 2. The summed E-state index contributed by atoms with van der Waals surface area (Å²) >= 11 is 0. The third kappa shape index (κ3) is 4.55. The Balaban J connectivity index is 1.41. The van der Waals surface area contributed by atoms with Gasteiger partial charge in [0.1, 0.15) is 12.1 Å². The van der Waals surface area contributed by atoms with Crippen molar-refractivity contribution in [1.29, 1.82) is 0 Å². The minimum Gasteiger partial charge on any atom is -0.325 e. The molecule has 2 aromatic rings. The number of piperidine rings is 1. The second kappa shape index (κ2) is 9.19. The van der Waals surface area contributed by atoms with Gasteiger partial charge >= 0.3 is 6.03 Å². The van der Waals surface area contributed by atoms with Crippen molar-refractivity contribution in [2.75, 3.05) is 25.0 Å². The van der Waals surface area contributed by atoms with Crippen LogP contribution in [0.25, 0.3) is 0 Å². The highest BCUT2D eigenvalue weighted by molar-refractivity contribution is 7.89. The Hall–Kier alpha value is -3.24. The van der Waals surface area contributed by atoms with E-state index in [1.54, 1.807) is 31.2 Å². The molecule has 2 fully saturated rings. The smallest absolute Gasteiger partial charge is 0.325 e. The lowest BCUT2D eigenvalue weighted by Gasteiger charge is -2.30. The van der Waals surface area contributed by atoms with Crippen LogP contribution in [0.3, 0.4) is 0 Å². The Bertz CT molecular complexity index is 1200. The van der Waals surface area contributed by atoms with Gasteiger partial charge < -0.3 is 10.6 Å². The van der Waals surface area contributed by atoms with Crippen LogP contribution in [0, 0.1) is 5.92 Å². The Kier molecular flexibility index (Phi) is 6.46. The minimum absolute atomic E-state index is 0.160. The van der Waals surface area contributed by atoms with E-state index in [0.29, 0.717) is 30.3 Å². The zero-order chi connectivity index (χ0) is 24.5. The van der Waals surface area contributed by atoms with E-state index in [2.05, 4.69) is 10.6 Å². The van der Waals surface area contributed by atoms with Crippen LogP contribution >= 0.6 is 0 Å². The Labute approximate surface area is 199 Å². The van der Waals surface area contributed by atoms with Crippen LogP contribution in [0.4, 0.5) is 10.5 Å². The monoisotopic (exact) mass is 484 g/mol. The summed E-state index contributed by atoms with van der Waals surface area (Å²) in [6, 6.07) is 14.1. The van der Waals surface area contributed by atoms with E-state index in [0.717, 1.165) is 17.7 Å². The van der Waals surface area contributed by atoms with Crippen molar-refractivity contribution in [1.82, 2.24) is 14.5 Å². The average molecular weight is 485 g/mol. The molecule has 34 heavy (non-hydrogen) atoms. The van der Waals surface area contributed by atoms with Gasteiger partial charge in [0.2, 0.25) is 15.9 Å². The first-order valence-corrected chi connectivity index (χ1v) is 12.6. The molecule has 0 aliphatic carbocycles. The van der Waals surface area contributed by atoms with E-state index >= 15 is 0 Å². The number of carbonyl (C=O) groups excluding carboxylic acids is 3. The zero-order valence-electron chi connectivity index (χ0n) is 19.2. The standard InChI is InChI=1S/C24H28N4O5S/c1-17-7-6-14-27(15-17)34(32,33)20-12-10-19(11-13-20)25-21(29)16-28-22(30)24(2,26-23(28)31)18-8-4-3-5-9-18/h3-5,8-13,17H,6-7,14-16H2,1-2H3,(H,25,29)(H,26,31)/t17-,24-/m0/s1.